The van der Waals surface area contributed by atoms with Gasteiger partial charge in [0.15, 0.2) is 5.78 Å². The molecule has 28 heavy (non-hydrogen) atoms. The summed E-state index contributed by atoms with van der Waals surface area (Å²) in [6.45, 7) is 2.33. The van der Waals surface area contributed by atoms with Crippen LogP contribution in [0.5, 0.6) is 0 Å². The van der Waals surface area contributed by atoms with Crippen molar-refractivity contribution in [2.75, 3.05) is 18.0 Å². The first-order valence-corrected chi connectivity index (χ1v) is 9.64. The molecule has 0 saturated carbocycles. The first-order valence-electron chi connectivity index (χ1n) is 9.64. The van der Waals surface area contributed by atoms with Crippen LogP contribution < -0.4 is 4.90 Å². The van der Waals surface area contributed by atoms with E-state index in [4.69, 9.17) is 5.11 Å². The molecule has 0 aliphatic carbocycles. The van der Waals surface area contributed by atoms with E-state index in [2.05, 4.69) is 34.1 Å². The Kier molecular flexibility index (Phi) is 5.10. The van der Waals surface area contributed by atoms with Gasteiger partial charge in [-0.1, -0.05) is 12.1 Å². The molecule has 0 bridgehead atoms. The number of rotatable bonds is 7. The molecule has 2 aromatic heterocycles. The van der Waals surface area contributed by atoms with E-state index in [-0.39, 0.29) is 25.2 Å². The number of ketones is 1. The van der Waals surface area contributed by atoms with Gasteiger partial charge in [0.05, 0.1) is 13.0 Å². The second-order valence-electron chi connectivity index (χ2n) is 7.25. The molecule has 144 valence electrons. The van der Waals surface area contributed by atoms with Gasteiger partial charge < -0.3 is 14.6 Å². The number of benzene rings is 1. The van der Waals surface area contributed by atoms with E-state index in [1.165, 1.54) is 12.8 Å². The van der Waals surface area contributed by atoms with E-state index < -0.39 is 5.97 Å². The molecule has 0 radical (unpaired) electrons. The minimum Gasteiger partial charge on any atom is -0.481 e. The number of nitrogens with zero attached hydrogens (tertiary/aromatic N) is 3. The van der Waals surface area contributed by atoms with Crippen LogP contribution in [0.25, 0.3) is 22.0 Å². The molecule has 1 N–H and O–H groups in total. The lowest BCUT2D eigenvalue weighted by molar-refractivity contribution is -0.138. The molecule has 3 aromatic rings. The van der Waals surface area contributed by atoms with Gasteiger partial charge in [-0.25, -0.2) is 4.98 Å². The SMILES string of the molecule is O=C(O)CCC(=O)Cn1ccc2ccc(-c3ccc(N4CCCC4)nc3)cc21. The standard InChI is InChI=1S/C22H23N3O3/c26-19(6-8-22(27)28)15-25-12-9-16-3-4-17(13-20(16)25)18-5-7-21(23-14-18)24-10-1-2-11-24/h3-5,7,9,12-14H,1-2,6,8,10-11,15H2,(H,27,28). The zero-order chi connectivity index (χ0) is 19.5. The van der Waals surface area contributed by atoms with Crippen LogP contribution in [0.4, 0.5) is 5.82 Å². The van der Waals surface area contributed by atoms with Gasteiger partial charge in [0.1, 0.15) is 5.82 Å². The van der Waals surface area contributed by atoms with Crippen molar-refractivity contribution >= 4 is 28.5 Å². The molecule has 0 amide bonds. The minimum absolute atomic E-state index is 0.0522. The number of carboxylic acid groups (broad SMARTS) is 1. The zero-order valence-electron chi connectivity index (χ0n) is 15.7. The first-order chi connectivity index (χ1) is 13.6. The van der Waals surface area contributed by atoms with Gasteiger partial charge in [0.2, 0.25) is 0 Å². The van der Waals surface area contributed by atoms with Crippen molar-refractivity contribution in [3.05, 3.63) is 48.8 Å². The number of fused-ring (bicyclic) bond motifs is 1. The summed E-state index contributed by atoms with van der Waals surface area (Å²) in [6, 6.07) is 12.3. The van der Waals surface area contributed by atoms with Crippen LogP contribution in [0.2, 0.25) is 0 Å². The maximum absolute atomic E-state index is 12.1. The number of aliphatic carboxylic acids is 1. The highest BCUT2D eigenvalue weighted by atomic mass is 16.4. The second kappa shape index (κ2) is 7.84. The summed E-state index contributed by atoms with van der Waals surface area (Å²) in [5.41, 5.74) is 3.05. The highest BCUT2D eigenvalue weighted by molar-refractivity contribution is 5.88. The molecular weight excluding hydrogens is 354 g/mol. The lowest BCUT2D eigenvalue weighted by Crippen LogP contribution is -2.18. The molecule has 0 atom stereocenters. The van der Waals surface area contributed by atoms with Crippen LogP contribution in [0, 0.1) is 0 Å². The van der Waals surface area contributed by atoms with Gasteiger partial charge >= 0.3 is 5.97 Å². The highest BCUT2D eigenvalue weighted by Gasteiger charge is 2.14. The number of aromatic nitrogens is 2. The monoisotopic (exact) mass is 377 g/mol. The number of pyridine rings is 1. The van der Waals surface area contributed by atoms with Crippen molar-refractivity contribution in [1.29, 1.82) is 0 Å². The van der Waals surface area contributed by atoms with Crippen LogP contribution in [0.1, 0.15) is 25.7 Å². The molecule has 0 spiro atoms. The van der Waals surface area contributed by atoms with E-state index in [1.54, 1.807) is 0 Å². The maximum Gasteiger partial charge on any atom is 0.303 e. The third kappa shape index (κ3) is 3.91. The molecule has 1 aliphatic rings. The van der Waals surface area contributed by atoms with Crippen LogP contribution in [0.3, 0.4) is 0 Å². The van der Waals surface area contributed by atoms with Gasteiger partial charge in [0, 0.05) is 43.0 Å². The zero-order valence-corrected chi connectivity index (χ0v) is 15.7. The number of Topliss-reactive ketones (excluding diaryl/α,β-unsaturated/α-hetero) is 1. The fraction of sp³-hybridized carbons (Fsp3) is 0.318. The average molecular weight is 377 g/mol. The average Bonchev–Trinajstić information content (AvgIpc) is 3.37. The van der Waals surface area contributed by atoms with Crippen molar-refractivity contribution in [3.8, 4) is 11.1 Å². The molecule has 6 nitrogen and oxygen atoms in total. The first kappa shape index (κ1) is 18.2. The van der Waals surface area contributed by atoms with Crippen molar-refractivity contribution in [2.24, 2.45) is 0 Å². The normalized spacial score (nSPS) is 13.9. The topological polar surface area (TPSA) is 75.4 Å². The summed E-state index contributed by atoms with van der Waals surface area (Å²) in [7, 11) is 0. The third-order valence-electron chi connectivity index (χ3n) is 5.25. The third-order valence-corrected chi connectivity index (χ3v) is 5.25. The van der Waals surface area contributed by atoms with Crippen LogP contribution >= 0.6 is 0 Å². The van der Waals surface area contributed by atoms with Crippen molar-refractivity contribution in [1.82, 2.24) is 9.55 Å². The lowest BCUT2D eigenvalue weighted by atomic mass is 10.1. The van der Waals surface area contributed by atoms with Gasteiger partial charge in [-0.2, -0.15) is 0 Å². The van der Waals surface area contributed by atoms with E-state index in [1.807, 2.05) is 29.1 Å². The minimum atomic E-state index is -0.946. The summed E-state index contributed by atoms with van der Waals surface area (Å²) >= 11 is 0. The van der Waals surface area contributed by atoms with Crippen molar-refractivity contribution in [3.63, 3.8) is 0 Å². The van der Waals surface area contributed by atoms with Gasteiger partial charge in [-0.05, 0) is 48.1 Å². The highest BCUT2D eigenvalue weighted by Crippen LogP contribution is 2.27. The van der Waals surface area contributed by atoms with E-state index in [0.29, 0.717) is 0 Å². The Morgan fingerprint density at radius 3 is 2.50 bits per heavy atom. The fourth-order valence-electron chi connectivity index (χ4n) is 3.71. The molecule has 1 aliphatic heterocycles. The molecule has 6 heteroatoms. The fourth-order valence-corrected chi connectivity index (χ4v) is 3.71. The Bertz CT molecular complexity index is 1000. The largest absolute Gasteiger partial charge is 0.481 e. The molecule has 3 heterocycles. The van der Waals surface area contributed by atoms with E-state index >= 15 is 0 Å². The molecule has 1 aromatic carbocycles. The Morgan fingerprint density at radius 2 is 1.79 bits per heavy atom. The van der Waals surface area contributed by atoms with Gasteiger partial charge in [-0.3, -0.25) is 9.59 Å². The van der Waals surface area contributed by atoms with E-state index in [9.17, 15) is 9.59 Å². The number of carboxylic acids is 1. The summed E-state index contributed by atoms with van der Waals surface area (Å²) < 4.78 is 1.88. The number of anilines is 1. The Hall–Kier alpha value is -3.15. The number of hydrogen-bond acceptors (Lipinski definition) is 4. The van der Waals surface area contributed by atoms with Gasteiger partial charge in [0.25, 0.3) is 0 Å². The molecule has 1 saturated heterocycles. The quantitative estimate of drug-likeness (QED) is 0.679. The Morgan fingerprint density at radius 1 is 1.00 bits per heavy atom. The number of carbonyl (C=O) groups is 2. The Balaban J connectivity index is 1.55. The molecule has 1 fully saturated rings. The molecule has 0 unspecified atom stereocenters. The van der Waals surface area contributed by atoms with Crippen LogP contribution in [0.15, 0.2) is 48.8 Å². The summed E-state index contributed by atoms with van der Waals surface area (Å²) in [5.74, 6) is -0.00505. The smallest absolute Gasteiger partial charge is 0.303 e. The Labute approximate surface area is 163 Å². The van der Waals surface area contributed by atoms with Gasteiger partial charge in [-0.15, -0.1) is 0 Å². The second-order valence-corrected chi connectivity index (χ2v) is 7.25. The molecule has 4 rings (SSSR count). The van der Waals surface area contributed by atoms with E-state index in [0.717, 1.165) is 40.9 Å². The lowest BCUT2D eigenvalue weighted by Gasteiger charge is -2.16. The summed E-state index contributed by atoms with van der Waals surface area (Å²) in [6.07, 6.45) is 6.15. The van der Waals surface area contributed by atoms with Crippen molar-refractivity contribution in [2.45, 2.75) is 32.2 Å². The van der Waals surface area contributed by atoms with Crippen molar-refractivity contribution < 1.29 is 14.7 Å². The maximum atomic E-state index is 12.1. The molecular formula is C22H23N3O3. The van der Waals surface area contributed by atoms with Crippen LogP contribution in [-0.2, 0) is 16.1 Å². The van der Waals surface area contributed by atoms with Crippen LogP contribution in [-0.4, -0.2) is 39.5 Å². The summed E-state index contributed by atoms with van der Waals surface area (Å²) in [4.78, 5) is 29.7. The number of hydrogen-bond donors (Lipinski definition) is 1. The number of carbonyl (C=O) groups excluding carboxylic acids is 1. The predicted molar refractivity (Wildman–Crippen MR) is 108 cm³/mol. The predicted octanol–water partition coefficient (Wildman–Crippen LogP) is 3.74. The summed E-state index contributed by atoms with van der Waals surface area (Å²) in [5, 5.41) is 9.80.